The second-order valence-corrected chi connectivity index (χ2v) is 7.49. The van der Waals surface area contributed by atoms with Crippen molar-refractivity contribution >= 4 is 5.91 Å². The topological polar surface area (TPSA) is 29.5 Å². The summed E-state index contributed by atoms with van der Waals surface area (Å²) in [6.07, 6.45) is 1.72. The van der Waals surface area contributed by atoms with Crippen molar-refractivity contribution in [3.8, 4) is 0 Å². The molecule has 3 heteroatoms. The van der Waals surface area contributed by atoms with Crippen molar-refractivity contribution in [1.29, 1.82) is 0 Å². The average Bonchev–Trinajstić information content (AvgIpc) is 2.80. The molecule has 1 aromatic carbocycles. The first-order valence-electron chi connectivity index (χ1n) is 8.40. The van der Waals surface area contributed by atoms with Crippen LogP contribution in [0.3, 0.4) is 0 Å². The van der Waals surface area contributed by atoms with Gasteiger partial charge in [0.15, 0.2) is 0 Å². The second kappa shape index (κ2) is 5.09. The Morgan fingerprint density at radius 2 is 1.86 bits per heavy atom. The lowest BCUT2D eigenvalue weighted by atomic mass is 9.70. The molecule has 2 fully saturated rings. The Bertz CT molecular complexity index is 568. The minimum Gasteiger partial charge on any atom is -0.345 e. The number of hydrogen-bond donors (Lipinski definition) is 0. The van der Waals surface area contributed by atoms with Crippen LogP contribution in [0.1, 0.15) is 59.1 Å². The quantitative estimate of drug-likeness (QED) is 0.821. The van der Waals surface area contributed by atoms with Gasteiger partial charge >= 0.3 is 0 Å². The molecule has 3 rings (SSSR count). The number of ether oxygens (including phenoxy) is 1. The Balaban J connectivity index is 2.02. The van der Waals surface area contributed by atoms with Gasteiger partial charge in [0, 0.05) is 5.41 Å². The highest BCUT2D eigenvalue weighted by Gasteiger charge is 2.60. The first kappa shape index (κ1) is 15.5. The fourth-order valence-corrected chi connectivity index (χ4v) is 4.06. The molecule has 22 heavy (non-hydrogen) atoms. The monoisotopic (exact) mass is 301 g/mol. The van der Waals surface area contributed by atoms with E-state index in [9.17, 15) is 4.79 Å². The summed E-state index contributed by atoms with van der Waals surface area (Å²) in [5.74, 6) is 0.553. The third kappa shape index (κ3) is 2.02. The fraction of sp³-hybridized carbons (Fsp3) is 0.632. The van der Waals surface area contributed by atoms with Crippen molar-refractivity contribution in [2.75, 3.05) is 0 Å². The van der Waals surface area contributed by atoms with Crippen molar-refractivity contribution in [2.24, 2.45) is 11.3 Å². The molecule has 2 heterocycles. The number of rotatable bonds is 2. The van der Waals surface area contributed by atoms with Crippen molar-refractivity contribution < 1.29 is 9.53 Å². The molecule has 2 aliphatic heterocycles. The maximum Gasteiger partial charge on any atom is 0.231 e. The van der Waals surface area contributed by atoms with Crippen molar-refractivity contribution in [3.63, 3.8) is 0 Å². The molecule has 0 aromatic heterocycles. The maximum atomic E-state index is 13.1. The summed E-state index contributed by atoms with van der Waals surface area (Å²) in [6.45, 7) is 10.6. The van der Waals surface area contributed by atoms with Crippen molar-refractivity contribution in [1.82, 2.24) is 4.90 Å². The molecule has 2 aliphatic rings. The predicted molar refractivity (Wildman–Crippen MR) is 87.2 cm³/mol. The number of piperidine rings is 1. The second-order valence-electron chi connectivity index (χ2n) is 7.49. The van der Waals surface area contributed by atoms with Crippen LogP contribution in [0.4, 0.5) is 0 Å². The minimum atomic E-state index is -0.439. The lowest BCUT2D eigenvalue weighted by molar-refractivity contribution is -0.187. The third-order valence-corrected chi connectivity index (χ3v) is 5.94. The molecule has 1 amide bonds. The summed E-state index contributed by atoms with van der Waals surface area (Å²) in [7, 11) is 0. The van der Waals surface area contributed by atoms with Crippen molar-refractivity contribution in [3.05, 3.63) is 35.9 Å². The van der Waals surface area contributed by atoms with Crippen molar-refractivity contribution in [2.45, 2.75) is 65.3 Å². The number of fused-ring (bicyclic) bond motifs is 1. The highest BCUT2D eigenvalue weighted by atomic mass is 16.5. The van der Waals surface area contributed by atoms with Crippen LogP contribution in [0.2, 0.25) is 0 Å². The van der Waals surface area contributed by atoms with Gasteiger partial charge in [0.25, 0.3) is 0 Å². The Morgan fingerprint density at radius 3 is 2.45 bits per heavy atom. The zero-order valence-corrected chi connectivity index (χ0v) is 14.3. The first-order valence-corrected chi connectivity index (χ1v) is 8.40. The van der Waals surface area contributed by atoms with Gasteiger partial charge < -0.3 is 9.64 Å². The summed E-state index contributed by atoms with van der Waals surface area (Å²) in [6, 6.07) is 10.4. The van der Waals surface area contributed by atoms with Crippen LogP contribution in [0, 0.1) is 11.3 Å². The number of amides is 1. The van der Waals surface area contributed by atoms with Gasteiger partial charge in [0.05, 0.1) is 6.04 Å². The molecule has 0 bridgehead atoms. The lowest BCUT2D eigenvalue weighted by Gasteiger charge is -2.50. The molecular formula is C19H27NO2. The van der Waals surface area contributed by atoms with Crippen LogP contribution in [0.15, 0.2) is 30.3 Å². The predicted octanol–water partition coefficient (Wildman–Crippen LogP) is 4.15. The van der Waals surface area contributed by atoms with Gasteiger partial charge in [-0.05, 0) is 31.2 Å². The van der Waals surface area contributed by atoms with Gasteiger partial charge in [-0.2, -0.15) is 0 Å². The first-order chi connectivity index (χ1) is 10.3. The molecule has 4 atom stereocenters. The van der Waals surface area contributed by atoms with Gasteiger partial charge in [0.1, 0.15) is 11.8 Å². The van der Waals surface area contributed by atoms with Crippen LogP contribution < -0.4 is 0 Å². The largest absolute Gasteiger partial charge is 0.345 e. The maximum absolute atomic E-state index is 13.1. The van der Waals surface area contributed by atoms with Gasteiger partial charge in [-0.1, -0.05) is 58.0 Å². The summed E-state index contributed by atoms with van der Waals surface area (Å²) >= 11 is 0. The summed E-state index contributed by atoms with van der Waals surface area (Å²) in [5, 5.41) is 0. The number of carbonyl (C=O) groups excluding carboxylic acids is 1. The van der Waals surface area contributed by atoms with E-state index in [1.54, 1.807) is 0 Å². The van der Waals surface area contributed by atoms with Gasteiger partial charge in [-0.15, -0.1) is 0 Å². The molecule has 3 nitrogen and oxygen atoms in total. The van der Waals surface area contributed by atoms with E-state index in [1.807, 2.05) is 23.1 Å². The van der Waals surface area contributed by atoms with Gasteiger partial charge in [0.2, 0.25) is 5.91 Å². The molecule has 0 aliphatic carbocycles. The van der Waals surface area contributed by atoms with E-state index in [-0.39, 0.29) is 23.5 Å². The fourth-order valence-electron chi connectivity index (χ4n) is 4.06. The zero-order chi connectivity index (χ0) is 16.1. The smallest absolute Gasteiger partial charge is 0.231 e. The summed E-state index contributed by atoms with van der Waals surface area (Å²) < 4.78 is 6.54. The zero-order valence-electron chi connectivity index (χ0n) is 14.3. The normalized spacial score (nSPS) is 37.2. The Kier molecular flexibility index (Phi) is 3.59. The average molecular weight is 301 g/mol. The lowest BCUT2D eigenvalue weighted by Crippen LogP contribution is -2.61. The van der Waals surface area contributed by atoms with Crippen LogP contribution in [-0.4, -0.2) is 22.6 Å². The Labute approximate surface area is 133 Å². The molecule has 2 saturated heterocycles. The van der Waals surface area contributed by atoms with Crippen LogP contribution in [-0.2, 0) is 9.53 Å². The number of nitrogens with zero attached hydrogens (tertiary/aromatic N) is 1. The Hall–Kier alpha value is -1.35. The molecule has 0 N–H and O–H groups in total. The SMILES string of the molecule is CC[C@@]12C[C@H](C)C(C)(C)C(=O)N1[C@@H](C)[C@@H](c1ccccc1)O2. The van der Waals surface area contributed by atoms with E-state index in [1.165, 1.54) is 0 Å². The summed E-state index contributed by atoms with van der Waals surface area (Å²) in [5.41, 5.74) is 0.406. The Morgan fingerprint density at radius 1 is 1.23 bits per heavy atom. The number of carbonyl (C=O) groups is 1. The summed E-state index contributed by atoms with van der Waals surface area (Å²) in [4.78, 5) is 15.2. The molecule has 0 spiro atoms. The molecule has 0 unspecified atom stereocenters. The number of benzene rings is 1. The molecule has 0 radical (unpaired) electrons. The highest BCUT2D eigenvalue weighted by molar-refractivity contribution is 5.84. The van der Waals surface area contributed by atoms with Gasteiger partial charge in [-0.3, -0.25) is 4.79 Å². The van der Waals surface area contributed by atoms with Gasteiger partial charge in [-0.25, -0.2) is 0 Å². The van der Waals surface area contributed by atoms with Crippen LogP contribution in [0.25, 0.3) is 0 Å². The standard InChI is InChI=1S/C19H27NO2/c1-6-19-12-13(2)18(4,5)17(21)20(19)14(3)16(22-19)15-10-8-7-9-11-15/h7-11,13-14,16H,6,12H2,1-5H3/t13-,14-,16-,19+/m0/s1. The minimum absolute atomic E-state index is 0.0359. The third-order valence-electron chi connectivity index (χ3n) is 5.94. The molecule has 120 valence electrons. The van der Waals surface area contributed by atoms with Crippen LogP contribution >= 0.6 is 0 Å². The van der Waals surface area contributed by atoms with E-state index in [4.69, 9.17) is 4.74 Å². The molecule has 0 saturated carbocycles. The van der Waals surface area contributed by atoms with E-state index in [0.29, 0.717) is 5.92 Å². The molecule has 1 aromatic rings. The van der Waals surface area contributed by atoms with E-state index in [2.05, 4.69) is 46.8 Å². The van der Waals surface area contributed by atoms with Crippen LogP contribution in [0.5, 0.6) is 0 Å². The molecular weight excluding hydrogens is 274 g/mol. The highest BCUT2D eigenvalue weighted by Crippen LogP contribution is 2.53. The van der Waals surface area contributed by atoms with E-state index < -0.39 is 5.72 Å². The number of hydrogen-bond acceptors (Lipinski definition) is 2. The van der Waals surface area contributed by atoms with E-state index in [0.717, 1.165) is 18.4 Å². The van der Waals surface area contributed by atoms with E-state index >= 15 is 0 Å².